The van der Waals surface area contributed by atoms with Gasteiger partial charge in [0.2, 0.25) is 0 Å². The minimum atomic E-state index is -1.05. The number of nitrogens with one attached hydrogen (secondary N) is 2. The van der Waals surface area contributed by atoms with Crippen molar-refractivity contribution in [1.82, 2.24) is 15.5 Å². The number of carboxylic acid groups (broad SMARTS) is 1. The molecule has 0 aromatic rings. The third-order valence-corrected chi connectivity index (χ3v) is 2.21. The molecule has 3 N–H and O–H groups in total. The molecule has 1 aliphatic rings. The second kappa shape index (κ2) is 6.64. The lowest BCUT2D eigenvalue weighted by Crippen LogP contribution is -2.34. The van der Waals surface area contributed by atoms with Gasteiger partial charge < -0.3 is 15.7 Å². The van der Waals surface area contributed by atoms with E-state index in [4.69, 9.17) is 5.11 Å². The van der Waals surface area contributed by atoms with Gasteiger partial charge in [0.1, 0.15) is 0 Å². The quantitative estimate of drug-likeness (QED) is 0.398. The summed E-state index contributed by atoms with van der Waals surface area (Å²) in [6, 6.07) is 0. The highest BCUT2D eigenvalue weighted by molar-refractivity contribution is 6.12. The molecule has 0 fully saturated rings. The fourth-order valence-corrected chi connectivity index (χ4v) is 1.40. The number of hydrogen-bond acceptors (Lipinski definition) is 4. The minimum Gasteiger partial charge on any atom is -0.465 e. The molecule has 0 unspecified atom stereocenters. The SMILES string of the molecule is O=C(O)NCCNCCCN1C(=O)C=CC1=O. The Morgan fingerprint density at radius 1 is 1.18 bits per heavy atom. The molecule has 1 heterocycles. The van der Waals surface area contributed by atoms with Crippen LogP contribution in [0.4, 0.5) is 4.79 Å². The predicted molar refractivity (Wildman–Crippen MR) is 59.4 cm³/mol. The van der Waals surface area contributed by atoms with E-state index >= 15 is 0 Å². The molecule has 0 atom stereocenters. The molecule has 7 heteroatoms. The summed E-state index contributed by atoms with van der Waals surface area (Å²) in [6.07, 6.45) is 2.11. The predicted octanol–water partition coefficient (Wildman–Crippen LogP) is -0.841. The molecule has 0 aromatic heterocycles. The maximum Gasteiger partial charge on any atom is 0.404 e. The molecule has 17 heavy (non-hydrogen) atoms. The molecule has 0 spiro atoms. The Balaban J connectivity index is 1.99. The zero-order chi connectivity index (χ0) is 12.7. The van der Waals surface area contributed by atoms with Crippen LogP contribution < -0.4 is 10.6 Å². The summed E-state index contributed by atoms with van der Waals surface area (Å²) in [6.45, 7) is 1.85. The second-order valence-electron chi connectivity index (χ2n) is 3.50. The lowest BCUT2D eigenvalue weighted by molar-refractivity contribution is -0.136. The molecular weight excluding hydrogens is 226 g/mol. The summed E-state index contributed by atoms with van der Waals surface area (Å²) in [7, 11) is 0. The summed E-state index contributed by atoms with van der Waals surface area (Å²) < 4.78 is 0. The van der Waals surface area contributed by atoms with Crippen LogP contribution in [0.3, 0.4) is 0 Å². The molecule has 0 saturated carbocycles. The summed E-state index contributed by atoms with van der Waals surface area (Å²) >= 11 is 0. The number of imide groups is 1. The molecule has 0 saturated heterocycles. The topological polar surface area (TPSA) is 98.7 Å². The van der Waals surface area contributed by atoms with E-state index in [2.05, 4.69) is 10.6 Å². The summed E-state index contributed by atoms with van der Waals surface area (Å²) in [5.41, 5.74) is 0. The van der Waals surface area contributed by atoms with Gasteiger partial charge in [-0.25, -0.2) is 4.79 Å². The molecule has 0 bridgehead atoms. The average molecular weight is 241 g/mol. The molecule has 94 valence electrons. The first kappa shape index (κ1) is 13.2. The van der Waals surface area contributed by atoms with Gasteiger partial charge in [-0.2, -0.15) is 0 Å². The normalized spacial score (nSPS) is 14.5. The van der Waals surface area contributed by atoms with Crippen LogP contribution in [-0.4, -0.2) is 54.1 Å². The Bertz CT molecular complexity index is 322. The third-order valence-electron chi connectivity index (χ3n) is 2.21. The summed E-state index contributed by atoms with van der Waals surface area (Å²) in [5, 5.41) is 13.5. The van der Waals surface area contributed by atoms with Crippen LogP contribution in [0.1, 0.15) is 6.42 Å². The van der Waals surface area contributed by atoms with Gasteiger partial charge in [0.15, 0.2) is 0 Å². The number of hydrogen-bond donors (Lipinski definition) is 3. The third kappa shape index (κ3) is 4.64. The smallest absolute Gasteiger partial charge is 0.404 e. The first-order valence-corrected chi connectivity index (χ1v) is 5.32. The van der Waals surface area contributed by atoms with Gasteiger partial charge in [-0.3, -0.25) is 14.5 Å². The van der Waals surface area contributed by atoms with Crippen molar-refractivity contribution in [2.45, 2.75) is 6.42 Å². The lowest BCUT2D eigenvalue weighted by Gasteiger charge is -2.13. The lowest BCUT2D eigenvalue weighted by atomic mass is 10.3. The van der Waals surface area contributed by atoms with Gasteiger partial charge in [-0.15, -0.1) is 0 Å². The number of rotatable bonds is 7. The van der Waals surface area contributed by atoms with Crippen LogP contribution in [0, 0.1) is 0 Å². The van der Waals surface area contributed by atoms with Crippen LogP contribution in [0.25, 0.3) is 0 Å². The Morgan fingerprint density at radius 2 is 1.82 bits per heavy atom. The molecule has 0 radical (unpaired) electrons. The van der Waals surface area contributed by atoms with Crippen molar-refractivity contribution in [2.75, 3.05) is 26.2 Å². The van der Waals surface area contributed by atoms with Gasteiger partial charge >= 0.3 is 6.09 Å². The zero-order valence-electron chi connectivity index (χ0n) is 9.31. The zero-order valence-corrected chi connectivity index (χ0v) is 9.31. The van der Waals surface area contributed by atoms with Crippen LogP contribution in [0.2, 0.25) is 0 Å². The monoisotopic (exact) mass is 241 g/mol. The minimum absolute atomic E-state index is 0.275. The Hall–Kier alpha value is -1.89. The van der Waals surface area contributed by atoms with Crippen molar-refractivity contribution >= 4 is 17.9 Å². The number of nitrogens with zero attached hydrogens (tertiary/aromatic N) is 1. The average Bonchev–Trinajstić information content (AvgIpc) is 2.58. The van der Waals surface area contributed by atoms with E-state index in [0.717, 1.165) is 0 Å². The van der Waals surface area contributed by atoms with Crippen molar-refractivity contribution in [3.63, 3.8) is 0 Å². The standard InChI is InChI=1S/C10H15N3O4/c14-8-2-3-9(15)13(8)7-1-4-11-5-6-12-10(16)17/h2-3,11-12H,1,4-7H2,(H,16,17). The highest BCUT2D eigenvalue weighted by atomic mass is 16.4. The van der Waals surface area contributed by atoms with Crippen LogP contribution in [0.15, 0.2) is 12.2 Å². The molecule has 3 amide bonds. The number of amides is 3. The molecule has 0 aromatic carbocycles. The van der Waals surface area contributed by atoms with Gasteiger partial charge in [-0.05, 0) is 13.0 Å². The molecular formula is C10H15N3O4. The number of carbonyl (C=O) groups is 3. The molecule has 1 aliphatic heterocycles. The van der Waals surface area contributed by atoms with E-state index in [1.165, 1.54) is 17.1 Å². The first-order valence-electron chi connectivity index (χ1n) is 5.32. The van der Waals surface area contributed by atoms with E-state index in [9.17, 15) is 14.4 Å². The highest BCUT2D eigenvalue weighted by Gasteiger charge is 2.21. The van der Waals surface area contributed by atoms with E-state index in [0.29, 0.717) is 32.6 Å². The van der Waals surface area contributed by atoms with Gasteiger partial charge in [0, 0.05) is 31.8 Å². The maximum atomic E-state index is 11.1. The van der Waals surface area contributed by atoms with Crippen molar-refractivity contribution in [3.8, 4) is 0 Å². The van der Waals surface area contributed by atoms with Crippen molar-refractivity contribution < 1.29 is 19.5 Å². The van der Waals surface area contributed by atoms with Crippen LogP contribution in [0.5, 0.6) is 0 Å². The molecule has 7 nitrogen and oxygen atoms in total. The van der Waals surface area contributed by atoms with Crippen molar-refractivity contribution in [3.05, 3.63) is 12.2 Å². The van der Waals surface area contributed by atoms with Gasteiger partial charge in [0.25, 0.3) is 11.8 Å². The maximum absolute atomic E-state index is 11.1. The van der Waals surface area contributed by atoms with Crippen molar-refractivity contribution in [2.24, 2.45) is 0 Å². The van der Waals surface area contributed by atoms with E-state index in [1.807, 2.05) is 0 Å². The Kier molecular flexibility index (Phi) is 5.15. The van der Waals surface area contributed by atoms with Gasteiger partial charge in [0.05, 0.1) is 0 Å². The Labute approximate surface area is 98.5 Å². The first-order chi connectivity index (χ1) is 8.11. The fraction of sp³-hybridized carbons (Fsp3) is 0.500. The largest absolute Gasteiger partial charge is 0.465 e. The summed E-state index contributed by atoms with van der Waals surface area (Å²) in [4.78, 5) is 33.6. The molecule has 0 aliphatic carbocycles. The second-order valence-corrected chi connectivity index (χ2v) is 3.50. The van der Waals surface area contributed by atoms with Crippen LogP contribution in [-0.2, 0) is 9.59 Å². The van der Waals surface area contributed by atoms with E-state index in [1.54, 1.807) is 0 Å². The van der Waals surface area contributed by atoms with E-state index < -0.39 is 6.09 Å². The molecule has 1 rings (SSSR count). The van der Waals surface area contributed by atoms with Crippen molar-refractivity contribution in [1.29, 1.82) is 0 Å². The fourth-order valence-electron chi connectivity index (χ4n) is 1.40. The number of carbonyl (C=O) groups excluding carboxylic acids is 2. The Morgan fingerprint density at radius 3 is 2.41 bits per heavy atom. The summed E-state index contributed by atoms with van der Waals surface area (Å²) in [5.74, 6) is -0.551. The van der Waals surface area contributed by atoms with Gasteiger partial charge in [-0.1, -0.05) is 0 Å². The van der Waals surface area contributed by atoms with Crippen LogP contribution >= 0.6 is 0 Å². The van der Waals surface area contributed by atoms with E-state index in [-0.39, 0.29) is 11.8 Å². The highest BCUT2D eigenvalue weighted by Crippen LogP contribution is 2.03.